The van der Waals surface area contributed by atoms with E-state index in [0.717, 1.165) is 62.4 Å². The highest BCUT2D eigenvalue weighted by Gasteiger charge is 2.61. The molecule has 0 amide bonds. The van der Waals surface area contributed by atoms with E-state index in [2.05, 4.69) is 163 Å². The van der Waals surface area contributed by atoms with Crippen molar-refractivity contribution >= 4 is 39.0 Å². The van der Waals surface area contributed by atoms with Crippen molar-refractivity contribution in [3.63, 3.8) is 0 Å². The summed E-state index contributed by atoms with van der Waals surface area (Å²) in [6.45, 7) is 0. The molecular weight excluding hydrogens is 655 g/mol. The van der Waals surface area contributed by atoms with Gasteiger partial charge in [0.2, 0.25) is 0 Å². The predicted molar refractivity (Wildman–Crippen MR) is 223 cm³/mol. The maximum Gasteiger partial charge on any atom is 0.143 e. The Balaban J connectivity index is 1.07. The molecule has 2 heteroatoms. The molecule has 13 rings (SSSR count). The lowest BCUT2D eigenvalue weighted by molar-refractivity contribution is -0.0399. The van der Waals surface area contributed by atoms with Gasteiger partial charge in [0.05, 0.1) is 11.4 Å². The van der Waals surface area contributed by atoms with Crippen LogP contribution >= 0.6 is 0 Å². The lowest BCUT2D eigenvalue weighted by Crippen LogP contribution is -2.55. The molecule has 4 fully saturated rings. The second-order valence-corrected chi connectivity index (χ2v) is 16.5. The van der Waals surface area contributed by atoms with Gasteiger partial charge in [-0.3, -0.25) is 0 Å². The largest absolute Gasteiger partial charge is 0.455 e. The molecule has 0 aliphatic heterocycles. The Labute approximate surface area is 316 Å². The van der Waals surface area contributed by atoms with Crippen LogP contribution in [0.25, 0.3) is 55.3 Å². The molecule has 0 radical (unpaired) electrons. The number of nitrogens with zero attached hydrogens (tertiary/aromatic N) is 1. The second-order valence-electron chi connectivity index (χ2n) is 16.5. The maximum absolute atomic E-state index is 6.49. The number of benzene rings is 7. The summed E-state index contributed by atoms with van der Waals surface area (Å²) in [4.78, 5) is 2.55. The van der Waals surface area contributed by atoms with Gasteiger partial charge in [-0.1, -0.05) is 133 Å². The van der Waals surface area contributed by atoms with Gasteiger partial charge in [-0.25, -0.2) is 0 Å². The normalized spacial score (nSPS) is 23.3. The standard InChI is InChI=1S/C52H41NO/c1-2-12-35(13-3-1)40-14-5-8-21-47(40)53(39-26-24-36(25-27-39)41-17-10-18-43-42-15-6-9-23-49(42)54-51(41)43)48-22-11-20-46-50(48)44-16-4-7-19-45(44)52(46)37-29-33-28-34(31-37)32-38(52)30-33/h1-27,33-34,37-38H,28-32H2. The van der Waals surface area contributed by atoms with Crippen LogP contribution < -0.4 is 4.90 Å². The van der Waals surface area contributed by atoms with E-state index < -0.39 is 0 Å². The zero-order valence-corrected chi connectivity index (χ0v) is 30.3. The van der Waals surface area contributed by atoms with Crippen molar-refractivity contribution < 1.29 is 4.42 Å². The smallest absolute Gasteiger partial charge is 0.143 e. The first-order valence-corrected chi connectivity index (χ1v) is 19.9. The molecule has 5 aliphatic rings. The van der Waals surface area contributed by atoms with Crippen molar-refractivity contribution in [2.45, 2.75) is 37.5 Å². The number of hydrogen-bond acceptors (Lipinski definition) is 2. The van der Waals surface area contributed by atoms with Gasteiger partial charge in [0.25, 0.3) is 0 Å². The molecule has 1 spiro atoms. The fraction of sp³-hybridized carbons (Fsp3) is 0.192. The van der Waals surface area contributed by atoms with Crippen LogP contribution in [0.5, 0.6) is 0 Å². The van der Waals surface area contributed by atoms with Crippen LogP contribution in [0.2, 0.25) is 0 Å². The molecule has 1 aromatic heterocycles. The quantitative estimate of drug-likeness (QED) is 0.178. The molecule has 0 unspecified atom stereocenters. The molecule has 0 saturated heterocycles. The fourth-order valence-electron chi connectivity index (χ4n) is 12.1. The first kappa shape index (κ1) is 30.6. The van der Waals surface area contributed by atoms with Gasteiger partial charge in [0.15, 0.2) is 0 Å². The van der Waals surface area contributed by atoms with Gasteiger partial charge in [0.1, 0.15) is 11.2 Å². The SMILES string of the molecule is c1ccc(-c2ccccc2N(c2ccc(-c3cccc4c3oc3ccccc34)cc2)c2cccc3c2-c2ccccc2C32C3CC4CC(C3)CC2C4)cc1. The van der Waals surface area contributed by atoms with Crippen LogP contribution in [0.3, 0.4) is 0 Å². The topological polar surface area (TPSA) is 16.4 Å². The summed E-state index contributed by atoms with van der Waals surface area (Å²) < 4.78 is 6.49. The predicted octanol–water partition coefficient (Wildman–Crippen LogP) is 14.1. The van der Waals surface area contributed by atoms with E-state index in [9.17, 15) is 0 Å². The van der Waals surface area contributed by atoms with Gasteiger partial charge >= 0.3 is 0 Å². The number of hydrogen-bond donors (Lipinski definition) is 0. The minimum atomic E-state index is 0.106. The lowest BCUT2D eigenvalue weighted by atomic mass is 9.43. The van der Waals surface area contributed by atoms with Gasteiger partial charge in [-0.2, -0.15) is 0 Å². The van der Waals surface area contributed by atoms with Crippen molar-refractivity contribution in [3.05, 3.63) is 175 Å². The molecule has 7 aromatic carbocycles. The highest BCUT2D eigenvalue weighted by molar-refractivity contribution is 6.09. The van der Waals surface area contributed by atoms with E-state index in [-0.39, 0.29) is 5.41 Å². The van der Waals surface area contributed by atoms with Crippen molar-refractivity contribution in [2.24, 2.45) is 23.7 Å². The number of para-hydroxylation sites is 3. The average Bonchev–Trinajstić information content (AvgIpc) is 3.75. The molecule has 2 nitrogen and oxygen atoms in total. The number of fused-ring (bicyclic) bond motifs is 6. The summed E-state index contributed by atoms with van der Waals surface area (Å²) in [7, 11) is 0. The summed E-state index contributed by atoms with van der Waals surface area (Å²) in [6, 6.07) is 60.7. The molecular formula is C52H41NO. The van der Waals surface area contributed by atoms with Crippen molar-refractivity contribution in [1.29, 1.82) is 0 Å². The van der Waals surface area contributed by atoms with Crippen molar-refractivity contribution in [3.8, 4) is 33.4 Å². The van der Waals surface area contributed by atoms with Gasteiger partial charge in [-0.05, 0) is 114 Å². The van der Waals surface area contributed by atoms with Crippen molar-refractivity contribution in [2.75, 3.05) is 4.90 Å². The van der Waals surface area contributed by atoms with E-state index >= 15 is 0 Å². The Morgan fingerprint density at radius 3 is 1.85 bits per heavy atom. The molecule has 260 valence electrons. The minimum absolute atomic E-state index is 0.106. The second kappa shape index (κ2) is 11.6. The van der Waals surface area contributed by atoms with E-state index in [4.69, 9.17) is 4.42 Å². The molecule has 4 bridgehead atoms. The molecule has 4 saturated carbocycles. The Kier molecular flexibility index (Phi) is 6.55. The average molecular weight is 696 g/mol. The number of furan rings is 1. The summed E-state index contributed by atoms with van der Waals surface area (Å²) in [5.41, 5.74) is 16.3. The molecule has 54 heavy (non-hydrogen) atoms. The van der Waals surface area contributed by atoms with Crippen LogP contribution in [0, 0.1) is 23.7 Å². The third-order valence-corrected chi connectivity index (χ3v) is 13.9. The maximum atomic E-state index is 6.49. The van der Waals surface area contributed by atoms with E-state index in [1.807, 2.05) is 6.07 Å². The summed E-state index contributed by atoms with van der Waals surface area (Å²) in [5, 5.41) is 2.31. The lowest BCUT2D eigenvalue weighted by Gasteiger charge is -2.61. The van der Waals surface area contributed by atoms with Crippen LogP contribution in [0.1, 0.15) is 43.2 Å². The van der Waals surface area contributed by atoms with E-state index in [1.165, 1.54) is 65.7 Å². The number of anilines is 3. The Bertz CT molecular complexity index is 2710. The molecule has 8 aromatic rings. The monoisotopic (exact) mass is 695 g/mol. The molecule has 5 aliphatic carbocycles. The van der Waals surface area contributed by atoms with Crippen LogP contribution in [-0.2, 0) is 5.41 Å². The van der Waals surface area contributed by atoms with Crippen LogP contribution in [0.4, 0.5) is 17.1 Å². The highest BCUT2D eigenvalue weighted by atomic mass is 16.3. The summed E-state index contributed by atoms with van der Waals surface area (Å²) in [6.07, 6.45) is 6.98. The van der Waals surface area contributed by atoms with Crippen molar-refractivity contribution in [1.82, 2.24) is 0 Å². The zero-order chi connectivity index (χ0) is 35.4. The zero-order valence-electron chi connectivity index (χ0n) is 30.3. The van der Waals surface area contributed by atoms with Gasteiger partial charge in [0, 0.05) is 38.6 Å². The summed E-state index contributed by atoms with van der Waals surface area (Å²) >= 11 is 0. The third kappa shape index (κ3) is 4.23. The van der Waals surface area contributed by atoms with Crippen LogP contribution in [0.15, 0.2) is 168 Å². The van der Waals surface area contributed by atoms with Gasteiger partial charge in [-0.15, -0.1) is 0 Å². The minimum Gasteiger partial charge on any atom is -0.455 e. The first-order chi connectivity index (χ1) is 26.8. The molecule has 0 atom stereocenters. The van der Waals surface area contributed by atoms with E-state index in [1.54, 1.807) is 11.1 Å². The highest BCUT2D eigenvalue weighted by Crippen LogP contribution is 2.70. The Morgan fingerprint density at radius 1 is 0.444 bits per heavy atom. The van der Waals surface area contributed by atoms with E-state index in [0.29, 0.717) is 0 Å². The Morgan fingerprint density at radius 2 is 1.04 bits per heavy atom. The van der Waals surface area contributed by atoms with Gasteiger partial charge < -0.3 is 9.32 Å². The van der Waals surface area contributed by atoms with Crippen LogP contribution in [-0.4, -0.2) is 0 Å². The molecule has 0 N–H and O–H groups in total. The Hall–Kier alpha value is -5.86. The number of rotatable bonds is 5. The molecule has 1 heterocycles. The first-order valence-electron chi connectivity index (χ1n) is 19.9. The summed E-state index contributed by atoms with van der Waals surface area (Å²) in [5.74, 6) is 3.26. The fourth-order valence-corrected chi connectivity index (χ4v) is 12.1. The third-order valence-electron chi connectivity index (χ3n) is 13.9.